The van der Waals surface area contributed by atoms with Crippen LogP contribution in [0.4, 0.5) is 10.1 Å². The molecule has 3 aromatic rings. The molecule has 0 radical (unpaired) electrons. The molecule has 1 aromatic heterocycles. The number of carbonyl (C=O) groups is 1. The molecule has 0 aliphatic carbocycles. The summed E-state index contributed by atoms with van der Waals surface area (Å²) in [5, 5.41) is 10.7. The minimum atomic E-state index is -0.530. The van der Waals surface area contributed by atoms with E-state index in [-0.39, 0.29) is 16.9 Å². The normalized spacial score (nSPS) is 11.5. The number of nitrogens with one attached hydrogen (secondary N) is 2. The number of anilines is 1. The van der Waals surface area contributed by atoms with Gasteiger partial charge in [0.1, 0.15) is 5.82 Å². The van der Waals surface area contributed by atoms with Gasteiger partial charge in [0.25, 0.3) is 5.91 Å². The number of aliphatic imine (C=N–C) groups is 1. The highest BCUT2D eigenvalue weighted by Crippen LogP contribution is 2.19. The highest BCUT2D eigenvalue weighted by molar-refractivity contribution is 6.31. The van der Waals surface area contributed by atoms with Gasteiger partial charge >= 0.3 is 0 Å². The molecule has 2 aromatic carbocycles. The zero-order chi connectivity index (χ0) is 23.3. The van der Waals surface area contributed by atoms with Crippen LogP contribution in [0.15, 0.2) is 47.5 Å². The molecule has 6 nitrogen and oxygen atoms in total. The van der Waals surface area contributed by atoms with Crippen LogP contribution in [0.1, 0.15) is 34.2 Å². The van der Waals surface area contributed by atoms with Crippen molar-refractivity contribution in [3.63, 3.8) is 0 Å². The number of rotatable bonds is 6. The second-order valence-electron chi connectivity index (χ2n) is 7.16. The van der Waals surface area contributed by atoms with E-state index in [0.29, 0.717) is 29.2 Å². The molecule has 1 heterocycles. The Kier molecular flexibility index (Phi) is 7.88. The summed E-state index contributed by atoms with van der Waals surface area (Å²) < 4.78 is 15.5. The summed E-state index contributed by atoms with van der Waals surface area (Å²) in [6.45, 7) is 7.25. The number of guanidine groups is 1. The van der Waals surface area contributed by atoms with Crippen LogP contribution in [0.5, 0.6) is 0 Å². The van der Waals surface area contributed by atoms with Gasteiger partial charge in [0.05, 0.1) is 10.7 Å². The standard InChI is InChI=1S/C23H24Cl2FN5O/c1-4-31-15(3)19(14(2)30-31)10-11-27-23(28-18-8-9-21(26)20(25)13-18)29-22(32)16-6-5-7-17(24)12-16/h5-9,12-13H,4,10-11H2,1-3H3,(H2,27,28,29,32). The number of benzene rings is 2. The van der Waals surface area contributed by atoms with Crippen molar-refractivity contribution in [2.24, 2.45) is 4.99 Å². The van der Waals surface area contributed by atoms with E-state index in [1.54, 1.807) is 24.3 Å². The summed E-state index contributed by atoms with van der Waals surface area (Å²) >= 11 is 11.9. The number of aryl methyl sites for hydroxylation is 2. The zero-order valence-electron chi connectivity index (χ0n) is 18.0. The largest absolute Gasteiger partial charge is 0.326 e. The monoisotopic (exact) mass is 475 g/mol. The van der Waals surface area contributed by atoms with Crippen molar-refractivity contribution in [3.05, 3.63) is 80.8 Å². The first-order valence-corrected chi connectivity index (χ1v) is 10.9. The van der Waals surface area contributed by atoms with E-state index in [1.165, 1.54) is 18.2 Å². The van der Waals surface area contributed by atoms with Crippen LogP contribution in [0, 0.1) is 19.7 Å². The second-order valence-corrected chi connectivity index (χ2v) is 8.01. The number of hydrogen-bond acceptors (Lipinski definition) is 3. The third kappa shape index (κ3) is 5.87. The summed E-state index contributed by atoms with van der Waals surface area (Å²) in [5.41, 5.74) is 4.07. The quantitative estimate of drug-likeness (QED) is 0.369. The number of amides is 1. The van der Waals surface area contributed by atoms with Gasteiger partial charge in [-0.2, -0.15) is 5.10 Å². The van der Waals surface area contributed by atoms with Gasteiger partial charge in [0, 0.05) is 35.1 Å². The minimum Gasteiger partial charge on any atom is -0.326 e. The molecule has 9 heteroatoms. The second kappa shape index (κ2) is 10.6. The number of hydrogen-bond donors (Lipinski definition) is 2. The molecule has 0 fully saturated rings. The van der Waals surface area contributed by atoms with Crippen molar-refractivity contribution >= 4 is 40.8 Å². The molecule has 0 aliphatic rings. The van der Waals surface area contributed by atoms with Crippen molar-refractivity contribution in [2.75, 3.05) is 11.9 Å². The molecule has 0 spiro atoms. The van der Waals surface area contributed by atoms with Gasteiger partial charge in [-0.3, -0.25) is 19.8 Å². The van der Waals surface area contributed by atoms with E-state index < -0.39 is 5.82 Å². The fraction of sp³-hybridized carbons (Fsp3) is 0.261. The van der Waals surface area contributed by atoms with E-state index in [2.05, 4.69) is 20.7 Å². The minimum absolute atomic E-state index is 0.0336. The maximum Gasteiger partial charge on any atom is 0.258 e. The Balaban J connectivity index is 1.81. The fourth-order valence-electron chi connectivity index (χ4n) is 3.31. The Bertz CT molecular complexity index is 1160. The average Bonchev–Trinajstić information content (AvgIpc) is 3.03. The molecule has 0 unspecified atom stereocenters. The van der Waals surface area contributed by atoms with Gasteiger partial charge in [-0.1, -0.05) is 29.3 Å². The molecular weight excluding hydrogens is 452 g/mol. The maximum absolute atomic E-state index is 13.5. The summed E-state index contributed by atoms with van der Waals surface area (Å²) in [6, 6.07) is 10.8. The fourth-order valence-corrected chi connectivity index (χ4v) is 3.68. The molecule has 168 valence electrons. The first-order chi connectivity index (χ1) is 15.3. The van der Waals surface area contributed by atoms with Crippen LogP contribution < -0.4 is 10.6 Å². The molecule has 0 saturated carbocycles. The van der Waals surface area contributed by atoms with Crippen LogP contribution >= 0.6 is 23.2 Å². The lowest BCUT2D eigenvalue weighted by Crippen LogP contribution is -2.36. The number of halogens is 3. The smallest absolute Gasteiger partial charge is 0.258 e. The molecule has 0 bridgehead atoms. The zero-order valence-corrected chi connectivity index (χ0v) is 19.6. The number of nitrogens with zero attached hydrogens (tertiary/aromatic N) is 3. The lowest BCUT2D eigenvalue weighted by Gasteiger charge is -2.13. The maximum atomic E-state index is 13.5. The van der Waals surface area contributed by atoms with Gasteiger partial charge < -0.3 is 5.32 Å². The summed E-state index contributed by atoms with van der Waals surface area (Å²) in [6.07, 6.45) is 0.653. The summed E-state index contributed by atoms with van der Waals surface area (Å²) in [4.78, 5) is 17.3. The molecule has 32 heavy (non-hydrogen) atoms. The van der Waals surface area contributed by atoms with Crippen molar-refractivity contribution in [1.82, 2.24) is 15.1 Å². The van der Waals surface area contributed by atoms with Gasteiger partial charge in [-0.05, 0) is 69.2 Å². The van der Waals surface area contributed by atoms with Crippen LogP contribution in [-0.2, 0) is 13.0 Å². The lowest BCUT2D eigenvalue weighted by molar-refractivity contribution is 0.0977. The summed E-state index contributed by atoms with van der Waals surface area (Å²) in [7, 11) is 0. The summed E-state index contributed by atoms with van der Waals surface area (Å²) in [5.74, 6) is -0.688. The van der Waals surface area contributed by atoms with Crippen LogP contribution in [0.25, 0.3) is 0 Å². The Labute approximate surface area is 196 Å². The average molecular weight is 476 g/mol. The topological polar surface area (TPSA) is 71.3 Å². The number of aromatic nitrogens is 2. The Morgan fingerprint density at radius 2 is 1.97 bits per heavy atom. The number of carbonyl (C=O) groups excluding carboxylic acids is 1. The Hall–Kier alpha value is -2.90. The van der Waals surface area contributed by atoms with Crippen LogP contribution in [0.3, 0.4) is 0 Å². The van der Waals surface area contributed by atoms with Crippen molar-refractivity contribution in [2.45, 2.75) is 33.7 Å². The van der Waals surface area contributed by atoms with Gasteiger partial charge in [0.2, 0.25) is 5.96 Å². The molecule has 0 saturated heterocycles. The third-order valence-electron chi connectivity index (χ3n) is 4.96. The highest BCUT2D eigenvalue weighted by atomic mass is 35.5. The van der Waals surface area contributed by atoms with E-state index >= 15 is 0 Å². The van der Waals surface area contributed by atoms with Gasteiger partial charge in [0.15, 0.2) is 0 Å². The van der Waals surface area contributed by atoms with Gasteiger partial charge in [-0.15, -0.1) is 0 Å². The van der Waals surface area contributed by atoms with E-state index in [4.69, 9.17) is 23.2 Å². The first kappa shape index (κ1) is 23.8. The van der Waals surface area contributed by atoms with Gasteiger partial charge in [-0.25, -0.2) is 4.39 Å². The predicted molar refractivity (Wildman–Crippen MR) is 127 cm³/mol. The third-order valence-corrected chi connectivity index (χ3v) is 5.49. The molecule has 2 N–H and O–H groups in total. The van der Waals surface area contributed by atoms with Crippen molar-refractivity contribution < 1.29 is 9.18 Å². The Morgan fingerprint density at radius 1 is 1.19 bits per heavy atom. The SMILES string of the molecule is CCn1nc(C)c(CCN=C(NC(=O)c2cccc(Cl)c2)Nc2ccc(F)c(Cl)c2)c1C. The molecule has 0 atom stereocenters. The predicted octanol–water partition coefficient (Wildman–Crippen LogP) is 5.41. The van der Waals surface area contributed by atoms with Crippen molar-refractivity contribution in [1.29, 1.82) is 0 Å². The van der Waals surface area contributed by atoms with E-state index in [9.17, 15) is 9.18 Å². The molecule has 0 aliphatic heterocycles. The van der Waals surface area contributed by atoms with E-state index in [1.807, 2.05) is 25.5 Å². The Morgan fingerprint density at radius 3 is 2.62 bits per heavy atom. The highest BCUT2D eigenvalue weighted by Gasteiger charge is 2.13. The lowest BCUT2D eigenvalue weighted by atomic mass is 10.1. The van der Waals surface area contributed by atoms with E-state index in [0.717, 1.165) is 23.5 Å². The van der Waals surface area contributed by atoms with Crippen LogP contribution in [-0.4, -0.2) is 28.2 Å². The van der Waals surface area contributed by atoms with Crippen molar-refractivity contribution in [3.8, 4) is 0 Å². The molecular formula is C23H24Cl2FN5O. The van der Waals surface area contributed by atoms with Crippen LogP contribution in [0.2, 0.25) is 10.0 Å². The molecule has 1 amide bonds. The molecule has 3 rings (SSSR count). The first-order valence-electron chi connectivity index (χ1n) is 10.1.